The maximum absolute atomic E-state index is 10.4. The van der Waals surface area contributed by atoms with Crippen LogP contribution >= 0.6 is 0 Å². The average molecular weight is 371 g/mol. The summed E-state index contributed by atoms with van der Waals surface area (Å²) in [7, 11) is 0. The van der Waals surface area contributed by atoms with E-state index in [1.807, 2.05) is 0 Å². The van der Waals surface area contributed by atoms with Crippen LogP contribution in [-0.2, 0) is 4.79 Å². The second-order valence-corrected chi connectivity index (χ2v) is 7.14. The van der Waals surface area contributed by atoms with Crippen molar-refractivity contribution in [1.82, 2.24) is 0 Å². The van der Waals surface area contributed by atoms with Gasteiger partial charge >= 0.3 is 5.97 Å². The highest BCUT2D eigenvalue weighted by Gasteiger charge is 1.96. The van der Waals surface area contributed by atoms with E-state index >= 15 is 0 Å². The summed E-state index contributed by atoms with van der Waals surface area (Å²) in [6, 6.07) is 0. The van der Waals surface area contributed by atoms with Crippen LogP contribution in [0.5, 0.6) is 0 Å². The lowest BCUT2D eigenvalue weighted by atomic mass is 10.1. The Bertz CT molecular complexity index is 290. The topological polar surface area (TPSA) is 37.3 Å². The average Bonchev–Trinajstić information content (AvgIpc) is 2.56. The van der Waals surface area contributed by atoms with Crippen molar-refractivity contribution < 1.29 is 9.90 Å². The van der Waals surface area contributed by atoms with Gasteiger partial charge in [0.25, 0.3) is 0 Å². The van der Waals surface area contributed by atoms with Gasteiger partial charge in [-0.25, -0.2) is 0 Å². The number of hydrogen-bond acceptors (Lipinski definition) is 1. The monoisotopic (exact) mass is 370 g/mol. The van der Waals surface area contributed by atoms with Gasteiger partial charge in [0.15, 0.2) is 0 Å². The number of carboxylic acids is 1. The van der Waals surface area contributed by atoms with Crippen molar-refractivity contribution >= 4 is 16.9 Å². The summed E-state index contributed by atoms with van der Waals surface area (Å²) >= 11 is 0. The summed E-state index contributed by atoms with van der Waals surface area (Å²) in [5.41, 5.74) is 0. The third-order valence-corrected chi connectivity index (χ3v) is 4.65. The fraction of sp³-hybridized carbons (Fsp3) is 0.864. The molecule has 0 aliphatic heterocycles. The summed E-state index contributed by atoms with van der Waals surface area (Å²) in [4.78, 5) is 10.4. The van der Waals surface area contributed by atoms with Gasteiger partial charge in [-0.1, -0.05) is 96.1 Å². The van der Waals surface area contributed by atoms with Crippen molar-refractivity contribution in [3.63, 3.8) is 0 Å². The SMILES string of the molecule is CCCCCCCC/C=C\CCCCCCCCCCCC(=O)O.[SiH4]. The van der Waals surface area contributed by atoms with Crippen molar-refractivity contribution in [2.75, 3.05) is 0 Å². The first-order valence-electron chi connectivity index (χ1n) is 10.6. The Balaban J connectivity index is 0. The van der Waals surface area contributed by atoms with Crippen LogP contribution in [-0.4, -0.2) is 22.0 Å². The fourth-order valence-electron chi connectivity index (χ4n) is 3.05. The molecule has 0 amide bonds. The molecule has 0 radical (unpaired) electrons. The van der Waals surface area contributed by atoms with Crippen LogP contribution in [0.3, 0.4) is 0 Å². The van der Waals surface area contributed by atoms with Gasteiger partial charge < -0.3 is 5.11 Å². The van der Waals surface area contributed by atoms with Crippen molar-refractivity contribution in [3.8, 4) is 0 Å². The molecule has 150 valence electrons. The Labute approximate surface area is 161 Å². The predicted molar refractivity (Wildman–Crippen MR) is 117 cm³/mol. The highest BCUT2D eigenvalue weighted by atomic mass is 28.1. The minimum Gasteiger partial charge on any atom is -0.481 e. The molecular formula is C22H46O2Si. The van der Waals surface area contributed by atoms with Crippen molar-refractivity contribution in [3.05, 3.63) is 12.2 Å². The zero-order valence-corrected chi connectivity index (χ0v) is 16.2. The maximum Gasteiger partial charge on any atom is 0.303 e. The molecule has 0 atom stereocenters. The van der Waals surface area contributed by atoms with Gasteiger partial charge in [0.1, 0.15) is 0 Å². The van der Waals surface area contributed by atoms with E-state index in [2.05, 4.69) is 19.1 Å². The van der Waals surface area contributed by atoms with Gasteiger partial charge in [0, 0.05) is 6.42 Å². The summed E-state index contributed by atoms with van der Waals surface area (Å²) in [5.74, 6) is -0.656. The molecule has 0 aliphatic carbocycles. The Morgan fingerprint density at radius 3 is 1.40 bits per heavy atom. The van der Waals surface area contributed by atoms with Crippen LogP contribution in [0.4, 0.5) is 0 Å². The highest BCUT2D eigenvalue weighted by molar-refractivity contribution is 5.75. The molecule has 0 spiro atoms. The van der Waals surface area contributed by atoms with E-state index in [9.17, 15) is 4.79 Å². The molecule has 0 rings (SSSR count). The Hall–Kier alpha value is -0.573. The number of aliphatic carboxylic acids is 1. The van der Waals surface area contributed by atoms with E-state index in [1.54, 1.807) is 0 Å². The van der Waals surface area contributed by atoms with Gasteiger partial charge in [-0.15, -0.1) is 0 Å². The van der Waals surface area contributed by atoms with E-state index in [-0.39, 0.29) is 11.0 Å². The summed E-state index contributed by atoms with van der Waals surface area (Å²) in [6.45, 7) is 2.27. The smallest absolute Gasteiger partial charge is 0.303 e. The minimum absolute atomic E-state index is 0. The third kappa shape index (κ3) is 25.8. The van der Waals surface area contributed by atoms with Gasteiger partial charge in [-0.3, -0.25) is 4.79 Å². The third-order valence-electron chi connectivity index (χ3n) is 4.65. The molecule has 0 unspecified atom stereocenters. The predicted octanol–water partition coefficient (Wildman–Crippen LogP) is 6.22. The van der Waals surface area contributed by atoms with Crippen LogP contribution in [0.15, 0.2) is 12.2 Å². The van der Waals surface area contributed by atoms with Gasteiger partial charge in [0.05, 0.1) is 0 Å². The lowest BCUT2D eigenvalue weighted by Crippen LogP contribution is -1.93. The molecule has 0 aromatic rings. The van der Waals surface area contributed by atoms with E-state index in [0.717, 1.165) is 12.8 Å². The van der Waals surface area contributed by atoms with Gasteiger partial charge in [-0.2, -0.15) is 0 Å². The minimum atomic E-state index is -0.656. The first-order valence-corrected chi connectivity index (χ1v) is 10.6. The Morgan fingerprint density at radius 2 is 1.00 bits per heavy atom. The molecule has 0 heterocycles. The largest absolute Gasteiger partial charge is 0.481 e. The Morgan fingerprint density at radius 1 is 0.640 bits per heavy atom. The van der Waals surface area contributed by atoms with Crippen LogP contribution in [0.2, 0.25) is 0 Å². The molecule has 1 N–H and O–H groups in total. The maximum atomic E-state index is 10.4. The van der Waals surface area contributed by atoms with E-state index in [0.29, 0.717) is 6.42 Å². The standard InChI is InChI=1S/C22H42O2.H4Si/c1-2-3-4-5-6-7-8-9-10-11-12-13-14-15-16-17-18-19-20-21-22(23)24;/h9-10H,2-8,11-21H2,1H3,(H,23,24);1H4/b10-9-;. The van der Waals surface area contributed by atoms with Crippen LogP contribution in [0.25, 0.3) is 0 Å². The van der Waals surface area contributed by atoms with E-state index in [1.165, 1.54) is 96.3 Å². The van der Waals surface area contributed by atoms with Crippen LogP contribution in [0.1, 0.15) is 122 Å². The summed E-state index contributed by atoms with van der Waals surface area (Å²) in [5, 5.41) is 8.55. The molecule has 0 fully saturated rings. The molecular weight excluding hydrogens is 324 g/mol. The molecule has 25 heavy (non-hydrogen) atoms. The van der Waals surface area contributed by atoms with Crippen molar-refractivity contribution in [2.24, 2.45) is 0 Å². The summed E-state index contributed by atoms with van der Waals surface area (Å²) in [6.07, 6.45) is 27.1. The lowest BCUT2D eigenvalue weighted by molar-refractivity contribution is -0.137. The van der Waals surface area contributed by atoms with Crippen molar-refractivity contribution in [1.29, 1.82) is 0 Å². The number of carboxylic acid groups (broad SMARTS) is 1. The first kappa shape index (κ1) is 26.7. The summed E-state index contributed by atoms with van der Waals surface area (Å²) < 4.78 is 0. The van der Waals surface area contributed by atoms with Gasteiger partial charge in [0.2, 0.25) is 0 Å². The number of unbranched alkanes of at least 4 members (excludes halogenated alkanes) is 15. The molecule has 0 saturated heterocycles. The van der Waals surface area contributed by atoms with E-state index in [4.69, 9.17) is 5.11 Å². The molecule has 0 aromatic heterocycles. The molecule has 0 bridgehead atoms. The zero-order valence-electron chi connectivity index (χ0n) is 16.2. The van der Waals surface area contributed by atoms with E-state index < -0.39 is 5.97 Å². The quantitative estimate of drug-likeness (QED) is 0.166. The number of carbonyl (C=O) groups is 1. The molecule has 3 heteroatoms. The van der Waals surface area contributed by atoms with Crippen LogP contribution in [0, 0.1) is 0 Å². The van der Waals surface area contributed by atoms with Crippen molar-refractivity contribution in [2.45, 2.75) is 122 Å². The number of rotatable bonds is 19. The second kappa shape index (κ2) is 23.4. The zero-order chi connectivity index (χ0) is 17.7. The normalized spacial score (nSPS) is 10.9. The molecule has 0 saturated carbocycles. The Kier molecular flexibility index (Phi) is 25.0. The number of hydrogen-bond donors (Lipinski definition) is 1. The highest BCUT2D eigenvalue weighted by Crippen LogP contribution is 2.12. The fourth-order valence-corrected chi connectivity index (χ4v) is 3.05. The molecule has 0 aromatic carbocycles. The molecule has 0 aliphatic rings. The van der Waals surface area contributed by atoms with Crippen LogP contribution < -0.4 is 0 Å². The second-order valence-electron chi connectivity index (χ2n) is 7.14. The first-order chi connectivity index (χ1) is 11.8. The number of allylic oxidation sites excluding steroid dienone is 2. The molecule has 2 nitrogen and oxygen atoms in total. The lowest BCUT2D eigenvalue weighted by Gasteiger charge is -2.01. The van der Waals surface area contributed by atoms with Gasteiger partial charge in [-0.05, 0) is 43.1 Å².